The fourth-order valence-electron chi connectivity index (χ4n) is 2.46. The lowest BCUT2D eigenvalue weighted by molar-refractivity contribution is -0.114. The Labute approximate surface area is 161 Å². The summed E-state index contributed by atoms with van der Waals surface area (Å²) in [6.07, 6.45) is 2.79. The maximum Gasteiger partial charge on any atom is 0.257 e. The minimum Gasteiger partial charge on any atom is -0.326 e. The molecule has 2 aromatic carbocycles. The van der Waals surface area contributed by atoms with Gasteiger partial charge in [-0.3, -0.25) is 19.4 Å². The number of nitrogens with zero attached hydrogens (tertiary/aromatic N) is 1. The average Bonchev–Trinajstić information content (AvgIpc) is 2.70. The fraction of sp³-hybridized carbons (Fsp3) is 0.0476. The van der Waals surface area contributed by atoms with E-state index < -0.39 is 5.91 Å². The van der Waals surface area contributed by atoms with E-state index in [1.165, 1.54) is 25.4 Å². The molecule has 0 bridgehead atoms. The van der Waals surface area contributed by atoms with Crippen LogP contribution in [0, 0.1) is 0 Å². The van der Waals surface area contributed by atoms with Gasteiger partial charge >= 0.3 is 0 Å². The molecule has 0 saturated heterocycles. The summed E-state index contributed by atoms with van der Waals surface area (Å²) in [7, 11) is 0. The molecular formula is C21H18N4O3. The third-order valence-corrected chi connectivity index (χ3v) is 3.76. The highest BCUT2D eigenvalue weighted by atomic mass is 16.2. The normalized spacial score (nSPS) is 10.0. The molecule has 3 N–H and O–H groups in total. The largest absolute Gasteiger partial charge is 0.326 e. The summed E-state index contributed by atoms with van der Waals surface area (Å²) in [6.45, 7) is 1.42. The molecule has 0 atom stereocenters. The van der Waals surface area contributed by atoms with Gasteiger partial charge in [0.25, 0.3) is 11.8 Å². The summed E-state index contributed by atoms with van der Waals surface area (Å²) in [4.78, 5) is 39.8. The first-order valence-electron chi connectivity index (χ1n) is 8.52. The van der Waals surface area contributed by atoms with Crippen LogP contribution in [0.1, 0.15) is 27.6 Å². The molecule has 0 fully saturated rings. The predicted octanol–water partition coefficient (Wildman–Crippen LogP) is 3.54. The van der Waals surface area contributed by atoms with Crippen molar-refractivity contribution in [2.24, 2.45) is 0 Å². The van der Waals surface area contributed by atoms with Gasteiger partial charge in [0.15, 0.2) is 0 Å². The van der Waals surface area contributed by atoms with Crippen LogP contribution in [-0.2, 0) is 4.79 Å². The number of pyridine rings is 1. The number of anilines is 3. The quantitative estimate of drug-likeness (QED) is 0.636. The third-order valence-electron chi connectivity index (χ3n) is 3.76. The van der Waals surface area contributed by atoms with Crippen molar-refractivity contribution in [2.45, 2.75) is 6.92 Å². The fourth-order valence-corrected chi connectivity index (χ4v) is 2.46. The molecule has 0 aliphatic heterocycles. The lowest BCUT2D eigenvalue weighted by atomic mass is 10.1. The molecule has 0 spiro atoms. The van der Waals surface area contributed by atoms with Crippen LogP contribution in [-0.4, -0.2) is 22.7 Å². The number of rotatable bonds is 5. The van der Waals surface area contributed by atoms with Gasteiger partial charge < -0.3 is 16.0 Å². The van der Waals surface area contributed by atoms with Crippen LogP contribution in [0.15, 0.2) is 73.1 Å². The van der Waals surface area contributed by atoms with E-state index in [1.807, 2.05) is 18.2 Å². The van der Waals surface area contributed by atoms with Crippen molar-refractivity contribution >= 4 is 34.8 Å². The molecule has 140 valence electrons. The summed E-state index contributed by atoms with van der Waals surface area (Å²) in [5.41, 5.74) is 2.37. The van der Waals surface area contributed by atoms with E-state index >= 15 is 0 Å². The first-order chi connectivity index (χ1) is 13.5. The van der Waals surface area contributed by atoms with Crippen molar-refractivity contribution in [3.63, 3.8) is 0 Å². The molecule has 7 nitrogen and oxygen atoms in total. The molecule has 0 unspecified atom stereocenters. The van der Waals surface area contributed by atoms with Crippen LogP contribution < -0.4 is 16.0 Å². The van der Waals surface area contributed by atoms with E-state index in [0.717, 1.165) is 0 Å². The van der Waals surface area contributed by atoms with Crippen LogP contribution in [0.4, 0.5) is 17.1 Å². The zero-order valence-electron chi connectivity index (χ0n) is 15.1. The summed E-state index contributed by atoms with van der Waals surface area (Å²) in [5.74, 6) is -0.921. The Hall–Kier alpha value is -4.00. The predicted molar refractivity (Wildman–Crippen MR) is 107 cm³/mol. The zero-order chi connectivity index (χ0) is 19.9. The van der Waals surface area contributed by atoms with Crippen molar-refractivity contribution in [1.82, 2.24) is 4.98 Å². The molecular weight excluding hydrogens is 356 g/mol. The molecule has 7 heteroatoms. The van der Waals surface area contributed by atoms with Gasteiger partial charge in [0.05, 0.1) is 11.1 Å². The van der Waals surface area contributed by atoms with Gasteiger partial charge in [-0.25, -0.2) is 0 Å². The van der Waals surface area contributed by atoms with Gasteiger partial charge in [0, 0.05) is 36.4 Å². The SMILES string of the molecule is CC(=O)Nc1ccc(NC(=O)c2cncc(C(=O)Nc3ccccc3)c2)cc1. The second-order valence-electron chi connectivity index (χ2n) is 6.00. The number of hydrogen-bond acceptors (Lipinski definition) is 4. The first-order valence-corrected chi connectivity index (χ1v) is 8.52. The Bertz CT molecular complexity index is 1000. The highest BCUT2D eigenvalue weighted by molar-refractivity contribution is 6.08. The van der Waals surface area contributed by atoms with Gasteiger partial charge in [0.2, 0.25) is 5.91 Å². The van der Waals surface area contributed by atoms with Crippen molar-refractivity contribution in [3.05, 3.63) is 84.2 Å². The highest BCUT2D eigenvalue weighted by Crippen LogP contribution is 2.15. The Kier molecular flexibility index (Phi) is 5.76. The Balaban J connectivity index is 1.68. The number of aromatic nitrogens is 1. The molecule has 0 aliphatic carbocycles. The topological polar surface area (TPSA) is 100 Å². The van der Waals surface area contributed by atoms with Crippen LogP contribution in [0.2, 0.25) is 0 Å². The minimum absolute atomic E-state index is 0.173. The van der Waals surface area contributed by atoms with Gasteiger partial charge in [-0.15, -0.1) is 0 Å². The van der Waals surface area contributed by atoms with Gasteiger partial charge in [-0.1, -0.05) is 18.2 Å². The number of amides is 3. The lowest BCUT2D eigenvalue weighted by Crippen LogP contribution is -2.16. The number of hydrogen-bond donors (Lipinski definition) is 3. The standard InChI is InChI=1S/C21H18N4O3/c1-14(26)23-18-7-9-19(10-8-18)25-21(28)16-11-15(12-22-13-16)20(27)24-17-5-3-2-4-6-17/h2-13H,1H3,(H,23,26)(H,24,27)(H,25,28). The number of nitrogens with one attached hydrogen (secondary N) is 3. The Morgan fingerprint density at radius 2 is 1.14 bits per heavy atom. The van der Waals surface area contributed by atoms with Gasteiger partial charge in [-0.2, -0.15) is 0 Å². The molecule has 28 heavy (non-hydrogen) atoms. The van der Waals surface area contributed by atoms with Crippen LogP contribution in [0.25, 0.3) is 0 Å². The molecule has 1 heterocycles. The van der Waals surface area contributed by atoms with E-state index in [0.29, 0.717) is 17.1 Å². The van der Waals surface area contributed by atoms with E-state index in [1.54, 1.807) is 36.4 Å². The van der Waals surface area contributed by atoms with Gasteiger partial charge in [-0.05, 0) is 42.5 Å². The first kappa shape index (κ1) is 18.8. The number of carbonyl (C=O) groups is 3. The number of benzene rings is 2. The van der Waals surface area contributed by atoms with E-state index in [2.05, 4.69) is 20.9 Å². The molecule has 1 aromatic heterocycles. The average molecular weight is 374 g/mol. The zero-order valence-corrected chi connectivity index (χ0v) is 15.1. The highest BCUT2D eigenvalue weighted by Gasteiger charge is 2.12. The maximum atomic E-state index is 12.5. The third kappa shape index (κ3) is 5.01. The van der Waals surface area contributed by atoms with E-state index in [9.17, 15) is 14.4 Å². The molecule has 3 aromatic rings. The lowest BCUT2D eigenvalue weighted by Gasteiger charge is -2.08. The minimum atomic E-state index is -0.394. The van der Waals surface area contributed by atoms with Crippen LogP contribution in [0.5, 0.6) is 0 Å². The summed E-state index contributed by atoms with van der Waals surface area (Å²) in [5, 5.41) is 8.13. The van der Waals surface area contributed by atoms with Gasteiger partial charge in [0.1, 0.15) is 0 Å². The Morgan fingerprint density at radius 1 is 0.679 bits per heavy atom. The van der Waals surface area contributed by atoms with E-state index in [-0.39, 0.29) is 22.9 Å². The van der Waals surface area contributed by atoms with E-state index in [4.69, 9.17) is 0 Å². The number of carbonyl (C=O) groups excluding carboxylic acids is 3. The van der Waals surface area contributed by atoms with Crippen molar-refractivity contribution in [3.8, 4) is 0 Å². The Morgan fingerprint density at radius 3 is 1.64 bits per heavy atom. The smallest absolute Gasteiger partial charge is 0.257 e. The van der Waals surface area contributed by atoms with Crippen LogP contribution >= 0.6 is 0 Å². The number of para-hydroxylation sites is 1. The summed E-state index contributed by atoms with van der Waals surface area (Å²) in [6, 6.07) is 17.2. The summed E-state index contributed by atoms with van der Waals surface area (Å²) < 4.78 is 0. The van der Waals surface area contributed by atoms with Crippen molar-refractivity contribution in [1.29, 1.82) is 0 Å². The molecule has 3 rings (SSSR count). The second kappa shape index (κ2) is 8.59. The molecule has 3 amide bonds. The second-order valence-corrected chi connectivity index (χ2v) is 6.00. The molecule has 0 radical (unpaired) electrons. The molecule has 0 saturated carbocycles. The van der Waals surface area contributed by atoms with Crippen molar-refractivity contribution in [2.75, 3.05) is 16.0 Å². The van der Waals surface area contributed by atoms with Crippen molar-refractivity contribution < 1.29 is 14.4 Å². The molecule has 0 aliphatic rings. The monoisotopic (exact) mass is 374 g/mol. The maximum absolute atomic E-state index is 12.5. The van der Waals surface area contributed by atoms with Crippen LogP contribution in [0.3, 0.4) is 0 Å². The summed E-state index contributed by atoms with van der Waals surface area (Å²) >= 11 is 0.